The van der Waals surface area contributed by atoms with Crippen LogP contribution in [0.25, 0.3) is 0 Å². The Bertz CT molecular complexity index is 834. The second kappa shape index (κ2) is 37.4. The zero-order chi connectivity index (χ0) is 35.2. The molecule has 0 spiro atoms. The predicted molar refractivity (Wildman–Crippen MR) is 203 cm³/mol. The second-order valence-corrected chi connectivity index (χ2v) is 13.5. The summed E-state index contributed by atoms with van der Waals surface area (Å²) in [6, 6.07) is 0. The Balaban J connectivity index is 3.88. The van der Waals surface area contributed by atoms with Crippen LogP contribution in [0.3, 0.4) is 0 Å². The highest BCUT2D eigenvalue weighted by Crippen LogP contribution is 2.16. The molecule has 0 rings (SSSR count). The third-order valence-electron chi connectivity index (χ3n) is 8.79. The number of carbonyl (C=O) groups excluding carboxylic acids is 2. The van der Waals surface area contributed by atoms with Gasteiger partial charge in [0.15, 0.2) is 0 Å². The summed E-state index contributed by atoms with van der Waals surface area (Å²) >= 11 is 0. The van der Waals surface area contributed by atoms with E-state index in [1.165, 1.54) is 122 Å². The first kappa shape index (κ1) is 45.6. The number of unbranched alkanes of at least 4 members (excludes halogenated alkanes) is 23. The van der Waals surface area contributed by atoms with Crippen LogP contribution in [0, 0.1) is 0 Å². The second-order valence-electron chi connectivity index (χ2n) is 13.5. The molecule has 0 radical (unpaired) electrons. The number of allylic oxidation sites excluding steroid dienone is 4. The van der Waals surface area contributed by atoms with Gasteiger partial charge in [-0.05, 0) is 50.7 Å². The summed E-state index contributed by atoms with van der Waals surface area (Å²) in [7, 11) is 0. The van der Waals surface area contributed by atoms with E-state index in [1.54, 1.807) is 0 Å². The molecule has 0 aliphatic carbocycles. The fourth-order valence-corrected chi connectivity index (χ4v) is 5.83. The molecule has 0 heterocycles. The van der Waals surface area contributed by atoms with E-state index in [-0.39, 0.29) is 24.5 Å². The summed E-state index contributed by atoms with van der Waals surface area (Å²) in [4.78, 5) is 34.7. The van der Waals surface area contributed by atoms with Crippen LogP contribution in [0.1, 0.15) is 200 Å². The van der Waals surface area contributed by atoms with Crippen molar-refractivity contribution in [2.45, 2.75) is 206 Å². The minimum Gasteiger partial charge on any atom is -0.480 e. The van der Waals surface area contributed by atoms with Crippen LogP contribution in [-0.2, 0) is 19.1 Å². The molecule has 6 nitrogen and oxygen atoms in total. The van der Waals surface area contributed by atoms with E-state index in [1.807, 2.05) is 24.3 Å². The van der Waals surface area contributed by atoms with Gasteiger partial charge in [-0.2, -0.15) is 0 Å². The molecule has 0 aliphatic heterocycles. The number of hydrogen-bond acceptors (Lipinski definition) is 4. The van der Waals surface area contributed by atoms with E-state index in [9.17, 15) is 14.4 Å². The molecule has 0 aromatic heterocycles. The standard InChI is InChI=1S/C42H75NO5/c1-3-5-7-9-10-11-12-13-14-15-16-17-18-19-20-21-22-23-24-29-33-37-42(47)48-39(34-30-26-8-6-4-2)35-31-27-25-28-32-36-40(44)43-38-41(45)46/h6,8,30-31,34-35,39H,3-5,7,9-29,32-33,36-38H2,1-2H3,(H,43,44)(H,45,46)/b8-6-,34-30-,35-31-. The van der Waals surface area contributed by atoms with Gasteiger partial charge in [0.1, 0.15) is 12.6 Å². The molecule has 0 aliphatic rings. The monoisotopic (exact) mass is 674 g/mol. The Hall–Kier alpha value is -2.37. The molecule has 1 atom stereocenters. The average Bonchev–Trinajstić information content (AvgIpc) is 3.07. The molecule has 0 saturated heterocycles. The molecule has 0 bridgehead atoms. The lowest BCUT2D eigenvalue weighted by atomic mass is 10.0. The Morgan fingerprint density at radius 1 is 0.562 bits per heavy atom. The topological polar surface area (TPSA) is 92.7 Å². The van der Waals surface area contributed by atoms with Crippen molar-refractivity contribution < 1.29 is 24.2 Å². The number of ether oxygens (including phenoxy) is 1. The van der Waals surface area contributed by atoms with Crippen molar-refractivity contribution in [3.8, 4) is 0 Å². The van der Waals surface area contributed by atoms with Crippen molar-refractivity contribution in [1.82, 2.24) is 5.32 Å². The lowest BCUT2D eigenvalue weighted by Crippen LogP contribution is -2.28. The van der Waals surface area contributed by atoms with Gasteiger partial charge in [-0.1, -0.05) is 173 Å². The third-order valence-corrected chi connectivity index (χ3v) is 8.79. The number of carboxylic acids is 1. The van der Waals surface area contributed by atoms with Gasteiger partial charge in [0, 0.05) is 12.8 Å². The smallest absolute Gasteiger partial charge is 0.322 e. The maximum absolute atomic E-state index is 12.5. The molecule has 0 fully saturated rings. The highest BCUT2D eigenvalue weighted by atomic mass is 16.5. The maximum atomic E-state index is 12.5. The van der Waals surface area contributed by atoms with Crippen molar-refractivity contribution in [1.29, 1.82) is 0 Å². The SMILES string of the molecule is CC/C=C\C/C=C\C(/C=C\CCCCCC(=O)NCC(=O)O)OC(=O)CCCCCCCCCCCCCCCCCCCCCCC. The van der Waals surface area contributed by atoms with E-state index >= 15 is 0 Å². The largest absolute Gasteiger partial charge is 0.480 e. The number of carboxylic acid groups (broad SMARTS) is 1. The summed E-state index contributed by atoms with van der Waals surface area (Å²) in [5.41, 5.74) is 0. The maximum Gasteiger partial charge on any atom is 0.322 e. The molecular formula is C42H75NO5. The lowest BCUT2D eigenvalue weighted by Gasteiger charge is -2.11. The number of esters is 1. The van der Waals surface area contributed by atoms with Gasteiger partial charge < -0.3 is 15.2 Å². The van der Waals surface area contributed by atoms with Crippen molar-refractivity contribution >= 4 is 17.8 Å². The van der Waals surface area contributed by atoms with Crippen LogP contribution in [-0.4, -0.2) is 35.6 Å². The third kappa shape index (κ3) is 36.5. The zero-order valence-corrected chi connectivity index (χ0v) is 31.3. The van der Waals surface area contributed by atoms with Gasteiger partial charge in [-0.15, -0.1) is 0 Å². The van der Waals surface area contributed by atoms with Crippen molar-refractivity contribution in [3.05, 3.63) is 36.5 Å². The fraction of sp³-hybridized carbons (Fsp3) is 0.786. The van der Waals surface area contributed by atoms with E-state index in [2.05, 4.69) is 31.3 Å². The van der Waals surface area contributed by atoms with Crippen LogP contribution in [0.4, 0.5) is 0 Å². The van der Waals surface area contributed by atoms with E-state index < -0.39 is 5.97 Å². The zero-order valence-electron chi connectivity index (χ0n) is 31.3. The van der Waals surface area contributed by atoms with Gasteiger partial charge in [0.05, 0.1) is 0 Å². The van der Waals surface area contributed by atoms with Crippen molar-refractivity contribution in [3.63, 3.8) is 0 Å². The summed E-state index contributed by atoms with van der Waals surface area (Å²) in [5, 5.41) is 11.0. The van der Waals surface area contributed by atoms with Gasteiger partial charge in [0.25, 0.3) is 0 Å². The number of carbonyl (C=O) groups is 3. The predicted octanol–water partition coefficient (Wildman–Crippen LogP) is 12.1. The normalized spacial score (nSPS) is 12.4. The first-order valence-corrected chi connectivity index (χ1v) is 20.2. The van der Waals surface area contributed by atoms with Crippen LogP contribution in [0.15, 0.2) is 36.5 Å². The minimum atomic E-state index is -1.03. The van der Waals surface area contributed by atoms with Crippen LogP contribution in [0.2, 0.25) is 0 Å². The first-order chi connectivity index (χ1) is 23.5. The summed E-state index contributed by atoms with van der Waals surface area (Å²) in [6.07, 6.45) is 46.2. The highest BCUT2D eigenvalue weighted by molar-refractivity contribution is 5.80. The summed E-state index contributed by atoms with van der Waals surface area (Å²) in [5.74, 6) is -1.39. The molecule has 2 N–H and O–H groups in total. The quantitative estimate of drug-likeness (QED) is 0.0392. The van der Waals surface area contributed by atoms with Crippen LogP contribution in [0.5, 0.6) is 0 Å². The van der Waals surface area contributed by atoms with E-state index in [0.717, 1.165) is 51.4 Å². The molecule has 6 heteroatoms. The number of nitrogens with one attached hydrogen (secondary N) is 1. The van der Waals surface area contributed by atoms with Crippen LogP contribution >= 0.6 is 0 Å². The molecule has 278 valence electrons. The molecule has 0 aromatic rings. The van der Waals surface area contributed by atoms with Gasteiger partial charge in [-0.3, -0.25) is 14.4 Å². The van der Waals surface area contributed by atoms with Gasteiger partial charge in [-0.25, -0.2) is 0 Å². The molecule has 0 saturated carbocycles. The average molecular weight is 674 g/mol. The summed E-state index contributed by atoms with van der Waals surface area (Å²) < 4.78 is 5.77. The number of rotatable bonds is 36. The van der Waals surface area contributed by atoms with E-state index in [0.29, 0.717) is 12.8 Å². The lowest BCUT2D eigenvalue weighted by molar-refractivity contribution is -0.145. The van der Waals surface area contributed by atoms with Crippen LogP contribution < -0.4 is 5.32 Å². The Kier molecular flexibility index (Phi) is 35.6. The number of hydrogen-bond donors (Lipinski definition) is 2. The Labute approximate surface area is 296 Å². The van der Waals surface area contributed by atoms with Crippen molar-refractivity contribution in [2.24, 2.45) is 0 Å². The number of amides is 1. The minimum absolute atomic E-state index is 0.136. The molecule has 48 heavy (non-hydrogen) atoms. The molecule has 1 unspecified atom stereocenters. The molecular weight excluding hydrogens is 598 g/mol. The molecule has 0 aromatic carbocycles. The fourth-order valence-electron chi connectivity index (χ4n) is 5.83. The first-order valence-electron chi connectivity index (χ1n) is 20.2. The Morgan fingerprint density at radius 3 is 1.52 bits per heavy atom. The summed E-state index contributed by atoms with van der Waals surface area (Å²) in [6.45, 7) is 4.06. The molecule has 1 amide bonds. The van der Waals surface area contributed by atoms with Gasteiger partial charge >= 0.3 is 11.9 Å². The van der Waals surface area contributed by atoms with Gasteiger partial charge in [0.2, 0.25) is 5.91 Å². The highest BCUT2D eigenvalue weighted by Gasteiger charge is 2.09. The van der Waals surface area contributed by atoms with Crippen molar-refractivity contribution in [2.75, 3.05) is 6.54 Å². The Morgan fingerprint density at radius 2 is 1.02 bits per heavy atom. The number of aliphatic carboxylic acids is 1. The van der Waals surface area contributed by atoms with E-state index in [4.69, 9.17) is 9.84 Å².